The molecule has 1 N–H and O–H groups in total. The Balaban J connectivity index is 1.46. The predicted octanol–water partition coefficient (Wildman–Crippen LogP) is 2.98. The van der Waals surface area contributed by atoms with Crippen LogP contribution >= 0.6 is 11.8 Å². The van der Waals surface area contributed by atoms with Gasteiger partial charge in [-0.1, -0.05) is 25.1 Å². The number of carbonyl (C=O) groups is 1. The molecule has 0 spiro atoms. The highest BCUT2D eigenvalue weighted by molar-refractivity contribution is 7.99. The summed E-state index contributed by atoms with van der Waals surface area (Å²) in [4.78, 5) is 35.2. The van der Waals surface area contributed by atoms with E-state index in [1.807, 2.05) is 43.3 Å². The predicted molar refractivity (Wildman–Crippen MR) is 122 cm³/mol. The molecule has 1 aliphatic heterocycles. The molecule has 0 radical (unpaired) electrons. The molecule has 0 unspecified atom stereocenters. The summed E-state index contributed by atoms with van der Waals surface area (Å²) in [6.45, 7) is 5.82. The van der Waals surface area contributed by atoms with Gasteiger partial charge in [0.05, 0.1) is 5.56 Å². The summed E-state index contributed by atoms with van der Waals surface area (Å²) in [5, 5.41) is 4.21. The van der Waals surface area contributed by atoms with E-state index in [1.54, 1.807) is 12.3 Å². The molecule has 3 aromatic rings. The zero-order valence-electron chi connectivity index (χ0n) is 17.7. The third-order valence-corrected chi connectivity index (χ3v) is 5.79. The van der Waals surface area contributed by atoms with Crippen LogP contribution in [0.25, 0.3) is 0 Å². The van der Waals surface area contributed by atoms with Crippen LogP contribution in [0.3, 0.4) is 0 Å². The van der Waals surface area contributed by atoms with Crippen molar-refractivity contribution < 1.29 is 4.79 Å². The van der Waals surface area contributed by atoms with E-state index in [0.717, 1.165) is 55.1 Å². The number of hydrogen-bond donors (Lipinski definition) is 1. The lowest BCUT2D eigenvalue weighted by Crippen LogP contribution is -2.45. The Morgan fingerprint density at radius 3 is 2.48 bits per heavy atom. The average Bonchev–Trinajstić information content (AvgIpc) is 2.80. The van der Waals surface area contributed by atoms with Gasteiger partial charge < -0.3 is 15.1 Å². The maximum Gasteiger partial charge on any atom is 0.257 e. The van der Waals surface area contributed by atoms with Crippen LogP contribution in [0.15, 0.2) is 58.8 Å². The van der Waals surface area contributed by atoms with Gasteiger partial charge in [0.25, 0.3) is 5.91 Å². The Bertz CT molecular complexity index is 1020. The molecule has 1 aromatic carbocycles. The highest BCUT2D eigenvalue weighted by Gasteiger charge is 2.19. The first-order chi connectivity index (χ1) is 15.1. The minimum atomic E-state index is -0.193. The van der Waals surface area contributed by atoms with Gasteiger partial charge in [-0.2, -0.15) is 9.97 Å². The zero-order valence-corrected chi connectivity index (χ0v) is 18.5. The number of nitrogens with zero attached hydrogens (tertiary/aromatic N) is 6. The Morgan fingerprint density at radius 1 is 1.03 bits per heavy atom. The summed E-state index contributed by atoms with van der Waals surface area (Å²) >= 11 is 1.38. The number of benzene rings is 1. The van der Waals surface area contributed by atoms with Gasteiger partial charge in [-0.05, 0) is 43.1 Å². The van der Waals surface area contributed by atoms with Crippen LogP contribution in [0.4, 0.5) is 11.6 Å². The van der Waals surface area contributed by atoms with E-state index in [9.17, 15) is 4.79 Å². The lowest BCUT2D eigenvalue weighted by atomic mass is 10.2. The molecule has 3 heterocycles. The quantitative estimate of drug-likeness (QED) is 0.632. The van der Waals surface area contributed by atoms with Crippen molar-refractivity contribution in [2.75, 3.05) is 43.4 Å². The molecule has 0 bridgehead atoms. The first-order valence-corrected chi connectivity index (χ1v) is 11.1. The van der Waals surface area contributed by atoms with Crippen LogP contribution in [0, 0.1) is 0 Å². The van der Waals surface area contributed by atoms with Crippen molar-refractivity contribution in [2.24, 2.45) is 0 Å². The maximum atomic E-state index is 12.4. The fourth-order valence-corrected chi connectivity index (χ4v) is 3.84. The van der Waals surface area contributed by atoms with Crippen LogP contribution in [-0.2, 0) is 6.42 Å². The molecular weight excluding hydrogens is 410 g/mol. The van der Waals surface area contributed by atoms with E-state index in [4.69, 9.17) is 0 Å². The van der Waals surface area contributed by atoms with E-state index < -0.39 is 0 Å². The Hall–Kier alpha value is -3.04. The third kappa shape index (κ3) is 5.56. The fourth-order valence-electron chi connectivity index (χ4n) is 3.13. The molecule has 0 saturated carbocycles. The Morgan fingerprint density at radius 2 is 1.81 bits per heavy atom. The lowest BCUT2D eigenvalue weighted by molar-refractivity contribution is 0.102. The van der Waals surface area contributed by atoms with E-state index in [1.165, 1.54) is 11.8 Å². The second-order valence-electron chi connectivity index (χ2n) is 7.29. The highest BCUT2D eigenvalue weighted by Crippen LogP contribution is 2.25. The number of hydrogen-bond acceptors (Lipinski definition) is 8. The Labute approximate surface area is 186 Å². The molecule has 2 aromatic heterocycles. The van der Waals surface area contributed by atoms with Crippen LogP contribution in [0.1, 0.15) is 23.1 Å². The monoisotopic (exact) mass is 435 g/mol. The summed E-state index contributed by atoms with van der Waals surface area (Å²) < 4.78 is 0. The van der Waals surface area contributed by atoms with Gasteiger partial charge in [0.15, 0.2) is 5.16 Å². The molecule has 8 nitrogen and oxygen atoms in total. The van der Waals surface area contributed by atoms with Gasteiger partial charge in [-0.25, -0.2) is 9.97 Å². The van der Waals surface area contributed by atoms with E-state index in [-0.39, 0.29) is 5.91 Å². The van der Waals surface area contributed by atoms with Gasteiger partial charge >= 0.3 is 0 Å². The number of carbonyl (C=O) groups excluding carboxylic acids is 1. The number of para-hydroxylation sites is 1. The van der Waals surface area contributed by atoms with Crippen molar-refractivity contribution in [3.63, 3.8) is 0 Å². The molecule has 0 aliphatic carbocycles. The number of anilines is 2. The Kier molecular flexibility index (Phi) is 6.73. The van der Waals surface area contributed by atoms with Crippen molar-refractivity contribution in [3.8, 4) is 0 Å². The molecule has 4 rings (SSSR count). The number of rotatable bonds is 6. The molecule has 1 amide bonds. The van der Waals surface area contributed by atoms with Crippen LogP contribution in [0.5, 0.6) is 0 Å². The van der Waals surface area contributed by atoms with Crippen LogP contribution in [0.2, 0.25) is 0 Å². The zero-order chi connectivity index (χ0) is 21.6. The normalized spacial score (nSPS) is 14.5. The molecule has 160 valence electrons. The molecule has 0 atom stereocenters. The summed E-state index contributed by atoms with van der Waals surface area (Å²) in [5.74, 6) is 1.30. The topological polar surface area (TPSA) is 87.1 Å². The second kappa shape index (κ2) is 9.84. The molecule has 1 aliphatic rings. The first kappa shape index (κ1) is 21.2. The van der Waals surface area contributed by atoms with Crippen molar-refractivity contribution >= 4 is 29.3 Å². The van der Waals surface area contributed by atoms with Crippen molar-refractivity contribution in [1.29, 1.82) is 0 Å². The fraction of sp³-hybridized carbons (Fsp3) is 0.318. The number of piperazine rings is 1. The largest absolute Gasteiger partial charge is 0.338 e. The number of aryl methyl sites for hydroxylation is 1. The summed E-state index contributed by atoms with van der Waals surface area (Å²) in [6, 6.07) is 12.9. The third-order valence-electron chi connectivity index (χ3n) is 4.98. The summed E-state index contributed by atoms with van der Waals surface area (Å²) in [7, 11) is 2.12. The second-order valence-corrected chi connectivity index (χ2v) is 8.27. The van der Waals surface area contributed by atoms with E-state index >= 15 is 0 Å². The van der Waals surface area contributed by atoms with Crippen LogP contribution < -0.4 is 10.2 Å². The van der Waals surface area contributed by atoms with Crippen molar-refractivity contribution in [1.82, 2.24) is 24.8 Å². The van der Waals surface area contributed by atoms with Gasteiger partial charge in [0.1, 0.15) is 10.9 Å². The maximum absolute atomic E-state index is 12.4. The number of amides is 1. The van der Waals surface area contributed by atoms with Gasteiger partial charge in [0, 0.05) is 44.5 Å². The van der Waals surface area contributed by atoms with E-state index in [2.05, 4.69) is 42.1 Å². The SMILES string of the molecule is CCc1nc(Sc2ccc(C(=O)Nc3ccccc3)cn2)nc(N2CCN(C)CC2)n1. The smallest absolute Gasteiger partial charge is 0.257 e. The average molecular weight is 436 g/mol. The minimum absolute atomic E-state index is 0.193. The minimum Gasteiger partial charge on any atom is -0.338 e. The van der Waals surface area contributed by atoms with E-state index in [0.29, 0.717) is 10.7 Å². The van der Waals surface area contributed by atoms with Crippen molar-refractivity contribution in [3.05, 3.63) is 60.0 Å². The van der Waals surface area contributed by atoms with Crippen LogP contribution in [-0.4, -0.2) is 64.0 Å². The number of pyridine rings is 1. The number of likely N-dealkylation sites (N-methyl/N-ethyl adjacent to an activating group) is 1. The summed E-state index contributed by atoms with van der Waals surface area (Å²) in [5.41, 5.74) is 1.25. The number of aromatic nitrogens is 4. The molecule has 9 heteroatoms. The standard InChI is InChI=1S/C22H25N7OS/c1-3-18-25-21(29-13-11-28(2)12-14-29)27-22(26-18)31-19-10-9-16(15-23-19)20(30)24-17-7-5-4-6-8-17/h4-10,15H,3,11-14H2,1-2H3,(H,24,30). The molecule has 1 saturated heterocycles. The van der Waals surface area contributed by atoms with Gasteiger partial charge in [0.2, 0.25) is 5.95 Å². The van der Waals surface area contributed by atoms with Gasteiger partial charge in [-0.3, -0.25) is 4.79 Å². The number of nitrogens with one attached hydrogen (secondary N) is 1. The highest BCUT2D eigenvalue weighted by atomic mass is 32.2. The molecule has 31 heavy (non-hydrogen) atoms. The molecule has 1 fully saturated rings. The molecular formula is C22H25N7OS. The lowest BCUT2D eigenvalue weighted by Gasteiger charge is -2.32. The van der Waals surface area contributed by atoms with Crippen molar-refractivity contribution in [2.45, 2.75) is 23.5 Å². The summed E-state index contributed by atoms with van der Waals surface area (Å²) in [6.07, 6.45) is 2.31. The first-order valence-electron chi connectivity index (χ1n) is 10.3. The van der Waals surface area contributed by atoms with Gasteiger partial charge in [-0.15, -0.1) is 0 Å².